The fourth-order valence-corrected chi connectivity index (χ4v) is 3.12. The molecule has 3 aromatic carbocycles. The predicted molar refractivity (Wildman–Crippen MR) is 113 cm³/mol. The van der Waals surface area contributed by atoms with E-state index in [1.165, 1.54) is 23.3 Å². The third-order valence-electron chi connectivity index (χ3n) is 4.37. The van der Waals surface area contributed by atoms with Crippen molar-refractivity contribution in [2.24, 2.45) is 0 Å². The van der Waals surface area contributed by atoms with Crippen molar-refractivity contribution in [3.8, 4) is 11.8 Å². The highest BCUT2D eigenvalue weighted by Crippen LogP contribution is 2.23. The van der Waals surface area contributed by atoms with Crippen LogP contribution in [0.5, 0.6) is 5.75 Å². The Kier molecular flexibility index (Phi) is 6.06. The number of nitriles is 1. The van der Waals surface area contributed by atoms with Crippen molar-refractivity contribution in [2.75, 3.05) is 0 Å². The average molecular weight is 384 g/mol. The number of benzene rings is 3. The fraction of sp³-hybridized carbons (Fsp3) is 0.125. The van der Waals surface area contributed by atoms with Crippen molar-refractivity contribution in [1.29, 1.82) is 5.26 Å². The minimum absolute atomic E-state index is 0.00665. The summed E-state index contributed by atoms with van der Waals surface area (Å²) in [7, 11) is 0. The zero-order chi connectivity index (χ0) is 20.8. The Bertz CT molecular complexity index is 1090. The largest absolute Gasteiger partial charge is 0.489 e. The van der Waals surface area contributed by atoms with Crippen LogP contribution in [0.25, 0.3) is 11.6 Å². The summed E-state index contributed by atoms with van der Waals surface area (Å²) in [5.74, 6) is 0.707. The number of aryl methyl sites for hydroxylation is 2. The molecule has 0 aromatic heterocycles. The van der Waals surface area contributed by atoms with E-state index >= 15 is 0 Å². The molecule has 3 rings (SSSR count). The number of nitro groups is 1. The Morgan fingerprint density at radius 3 is 2.38 bits per heavy atom. The third kappa shape index (κ3) is 5.30. The average Bonchev–Trinajstić information content (AvgIpc) is 2.70. The van der Waals surface area contributed by atoms with Gasteiger partial charge in [0.05, 0.1) is 16.6 Å². The van der Waals surface area contributed by atoms with Crippen molar-refractivity contribution in [3.05, 3.63) is 105 Å². The van der Waals surface area contributed by atoms with E-state index < -0.39 is 4.92 Å². The van der Waals surface area contributed by atoms with Crippen LogP contribution in [0.1, 0.15) is 27.8 Å². The molecule has 0 saturated carbocycles. The highest BCUT2D eigenvalue weighted by Gasteiger charge is 2.07. The molecule has 0 unspecified atom stereocenters. The second kappa shape index (κ2) is 8.85. The van der Waals surface area contributed by atoms with Gasteiger partial charge in [0.15, 0.2) is 0 Å². The predicted octanol–water partition coefficient (Wildman–Crippen LogP) is 5.85. The van der Waals surface area contributed by atoms with Crippen molar-refractivity contribution in [1.82, 2.24) is 0 Å². The van der Waals surface area contributed by atoms with E-state index in [9.17, 15) is 15.4 Å². The van der Waals surface area contributed by atoms with Gasteiger partial charge in [-0.05, 0) is 60.9 Å². The Balaban J connectivity index is 1.78. The molecule has 0 N–H and O–H groups in total. The van der Waals surface area contributed by atoms with Gasteiger partial charge in [-0.1, -0.05) is 41.5 Å². The van der Waals surface area contributed by atoms with Gasteiger partial charge in [-0.2, -0.15) is 5.26 Å². The van der Waals surface area contributed by atoms with E-state index in [0.717, 1.165) is 11.1 Å². The maximum absolute atomic E-state index is 10.8. The molecule has 0 saturated heterocycles. The number of hydrogen-bond acceptors (Lipinski definition) is 4. The summed E-state index contributed by atoms with van der Waals surface area (Å²) in [4.78, 5) is 10.3. The van der Waals surface area contributed by atoms with Crippen molar-refractivity contribution < 1.29 is 9.66 Å². The second-order valence-electron chi connectivity index (χ2n) is 6.83. The van der Waals surface area contributed by atoms with Crippen LogP contribution in [-0.4, -0.2) is 4.92 Å². The number of hydrogen-bond donors (Lipinski definition) is 0. The summed E-state index contributed by atoms with van der Waals surface area (Å²) >= 11 is 0. The fourth-order valence-electron chi connectivity index (χ4n) is 3.12. The monoisotopic (exact) mass is 384 g/mol. The van der Waals surface area contributed by atoms with E-state index in [1.807, 2.05) is 24.3 Å². The Labute approximate surface area is 169 Å². The minimum Gasteiger partial charge on any atom is -0.489 e. The molecular formula is C24H20N2O3. The van der Waals surface area contributed by atoms with Gasteiger partial charge < -0.3 is 4.74 Å². The highest BCUT2D eigenvalue weighted by molar-refractivity contribution is 5.89. The number of non-ortho nitro benzene ring substituents is 1. The quantitative estimate of drug-likeness (QED) is 0.231. The molecule has 0 fully saturated rings. The van der Waals surface area contributed by atoms with E-state index in [1.54, 1.807) is 18.2 Å². The second-order valence-corrected chi connectivity index (χ2v) is 6.83. The lowest BCUT2D eigenvalue weighted by Gasteiger charge is -2.09. The number of rotatable bonds is 6. The molecular weight excluding hydrogens is 364 g/mol. The van der Waals surface area contributed by atoms with Crippen LogP contribution in [0.3, 0.4) is 0 Å². The lowest BCUT2D eigenvalue weighted by molar-refractivity contribution is -0.384. The van der Waals surface area contributed by atoms with E-state index in [-0.39, 0.29) is 5.69 Å². The lowest BCUT2D eigenvalue weighted by Crippen LogP contribution is -1.97. The smallest absolute Gasteiger partial charge is 0.269 e. The lowest BCUT2D eigenvalue weighted by atomic mass is 10.0. The van der Waals surface area contributed by atoms with Crippen LogP contribution < -0.4 is 4.74 Å². The normalized spacial score (nSPS) is 11.0. The first-order chi connectivity index (χ1) is 13.9. The third-order valence-corrected chi connectivity index (χ3v) is 4.37. The first-order valence-corrected chi connectivity index (χ1v) is 9.11. The molecule has 3 aromatic rings. The van der Waals surface area contributed by atoms with Gasteiger partial charge in [0.1, 0.15) is 12.4 Å². The zero-order valence-corrected chi connectivity index (χ0v) is 16.3. The summed E-state index contributed by atoms with van der Waals surface area (Å²) in [6.07, 6.45) is 1.74. The van der Waals surface area contributed by atoms with Crippen molar-refractivity contribution in [2.45, 2.75) is 20.5 Å². The van der Waals surface area contributed by atoms with Gasteiger partial charge >= 0.3 is 0 Å². The number of nitro benzene ring substituents is 1. The minimum atomic E-state index is -0.462. The number of allylic oxidation sites excluding steroid dienone is 1. The van der Waals surface area contributed by atoms with Crippen LogP contribution in [0.15, 0.2) is 66.7 Å². The molecule has 144 valence electrons. The highest BCUT2D eigenvalue weighted by atomic mass is 16.6. The molecule has 0 spiro atoms. The van der Waals surface area contributed by atoms with Gasteiger partial charge in [0.2, 0.25) is 0 Å². The summed E-state index contributed by atoms with van der Waals surface area (Å²) < 4.78 is 5.92. The SMILES string of the molecule is Cc1cc(C)cc(COc2cccc(C=C(C#N)c3ccc([N+](=O)[O-])cc3)c2)c1. The van der Waals surface area contributed by atoms with Crippen LogP contribution in [0, 0.1) is 35.3 Å². The molecule has 0 aliphatic rings. The first-order valence-electron chi connectivity index (χ1n) is 9.11. The molecule has 0 radical (unpaired) electrons. The van der Waals surface area contributed by atoms with E-state index in [4.69, 9.17) is 4.74 Å². The van der Waals surface area contributed by atoms with Crippen LogP contribution in [0.4, 0.5) is 5.69 Å². The van der Waals surface area contributed by atoms with Gasteiger partial charge in [-0.3, -0.25) is 10.1 Å². The molecule has 0 aliphatic carbocycles. The van der Waals surface area contributed by atoms with Crippen molar-refractivity contribution in [3.63, 3.8) is 0 Å². The Hall–Kier alpha value is -3.91. The maximum Gasteiger partial charge on any atom is 0.269 e. The van der Waals surface area contributed by atoms with E-state index in [0.29, 0.717) is 23.5 Å². The molecule has 0 bridgehead atoms. The summed E-state index contributed by atoms with van der Waals surface area (Å²) in [6, 6.07) is 21.9. The first kappa shape index (κ1) is 19.8. The van der Waals surface area contributed by atoms with E-state index in [2.05, 4.69) is 38.1 Å². The van der Waals surface area contributed by atoms with Gasteiger partial charge in [0.25, 0.3) is 5.69 Å². The van der Waals surface area contributed by atoms with Gasteiger partial charge in [-0.15, -0.1) is 0 Å². The Morgan fingerprint density at radius 2 is 1.76 bits per heavy atom. The standard InChI is InChI=1S/C24H20N2O3/c1-17-10-18(2)12-20(11-17)16-29-24-5-3-4-19(14-24)13-22(15-25)21-6-8-23(9-7-21)26(27)28/h3-14H,16H2,1-2H3. The van der Waals surface area contributed by atoms with Crippen molar-refractivity contribution >= 4 is 17.3 Å². The summed E-state index contributed by atoms with van der Waals surface area (Å²) in [6.45, 7) is 4.58. The maximum atomic E-state index is 10.8. The van der Waals surface area contributed by atoms with Crippen LogP contribution in [0.2, 0.25) is 0 Å². The number of ether oxygens (including phenoxy) is 1. The molecule has 0 heterocycles. The van der Waals surface area contributed by atoms with Crippen LogP contribution in [-0.2, 0) is 6.61 Å². The molecule has 0 aliphatic heterocycles. The Morgan fingerprint density at radius 1 is 1.07 bits per heavy atom. The molecule has 5 heteroatoms. The molecule has 0 atom stereocenters. The molecule has 29 heavy (non-hydrogen) atoms. The topological polar surface area (TPSA) is 76.2 Å². The zero-order valence-electron chi connectivity index (χ0n) is 16.3. The van der Waals surface area contributed by atoms with Gasteiger partial charge in [-0.25, -0.2) is 0 Å². The molecule has 0 amide bonds. The van der Waals surface area contributed by atoms with Gasteiger partial charge in [0, 0.05) is 12.1 Å². The molecule has 5 nitrogen and oxygen atoms in total. The summed E-state index contributed by atoms with van der Waals surface area (Å²) in [5, 5.41) is 20.3. The number of nitrogens with zero attached hydrogens (tertiary/aromatic N) is 2. The van der Waals surface area contributed by atoms with Crippen LogP contribution >= 0.6 is 0 Å². The summed E-state index contributed by atoms with van der Waals surface area (Å²) in [5.41, 5.74) is 5.35.